The van der Waals surface area contributed by atoms with E-state index in [4.69, 9.17) is 4.74 Å². The lowest BCUT2D eigenvalue weighted by Crippen LogP contribution is -2.39. The maximum atomic E-state index is 5.51. The molecule has 3 heterocycles. The largest absolute Gasteiger partial charge is 0.378 e. The van der Waals surface area contributed by atoms with E-state index in [1.807, 2.05) is 0 Å². The maximum absolute atomic E-state index is 5.51. The molecule has 4 heteroatoms. The van der Waals surface area contributed by atoms with E-state index in [1.165, 1.54) is 56.7 Å². The highest BCUT2D eigenvalue weighted by Crippen LogP contribution is 2.39. The number of para-hydroxylation sites is 1. The first-order valence-corrected chi connectivity index (χ1v) is 9.18. The van der Waals surface area contributed by atoms with E-state index in [1.54, 1.807) is 0 Å². The molecule has 1 N–H and O–H groups in total. The normalized spacial score (nSPS) is 25.1. The summed E-state index contributed by atoms with van der Waals surface area (Å²) in [5, 5.41) is 3.52. The summed E-state index contributed by atoms with van der Waals surface area (Å²) in [6.07, 6.45) is 4.09. The monoisotopic (exact) mass is 315 g/mol. The average molecular weight is 315 g/mol. The average Bonchev–Trinajstić information content (AvgIpc) is 2.99. The second-order valence-electron chi connectivity index (χ2n) is 7.44. The van der Waals surface area contributed by atoms with Crippen LogP contribution in [0, 0.1) is 5.41 Å². The Hall–Kier alpha value is -1.10. The SMILES string of the molecule is c1ccc(N2CCOCC2)c(CN2CCC3(CCNCC3)C2)c1. The van der Waals surface area contributed by atoms with Crippen LogP contribution in [0.25, 0.3) is 0 Å². The number of benzene rings is 1. The number of morpholine rings is 1. The van der Waals surface area contributed by atoms with Crippen LogP contribution in [-0.2, 0) is 11.3 Å². The molecule has 0 atom stereocenters. The molecule has 0 amide bonds. The third kappa shape index (κ3) is 3.39. The zero-order chi connectivity index (χ0) is 15.5. The van der Waals surface area contributed by atoms with Gasteiger partial charge in [0.15, 0.2) is 0 Å². The third-order valence-electron chi connectivity index (χ3n) is 5.92. The smallest absolute Gasteiger partial charge is 0.0642 e. The number of hydrogen-bond acceptors (Lipinski definition) is 4. The molecule has 1 aromatic carbocycles. The Balaban J connectivity index is 1.45. The number of anilines is 1. The number of piperidine rings is 1. The Labute approximate surface area is 139 Å². The summed E-state index contributed by atoms with van der Waals surface area (Å²) in [5.74, 6) is 0. The molecule has 4 nitrogen and oxygen atoms in total. The number of hydrogen-bond donors (Lipinski definition) is 1. The van der Waals surface area contributed by atoms with Crippen molar-refractivity contribution in [2.75, 3.05) is 57.4 Å². The highest BCUT2D eigenvalue weighted by molar-refractivity contribution is 5.54. The predicted molar refractivity (Wildman–Crippen MR) is 93.9 cm³/mol. The standard InChI is InChI=1S/C19H29N3O/c1-2-4-18(22-11-13-23-14-12-22)17(3-1)15-21-10-7-19(16-21)5-8-20-9-6-19/h1-4,20H,5-16H2. The van der Waals surface area contributed by atoms with Gasteiger partial charge in [-0.2, -0.15) is 0 Å². The van der Waals surface area contributed by atoms with Gasteiger partial charge >= 0.3 is 0 Å². The molecule has 0 saturated carbocycles. The van der Waals surface area contributed by atoms with Crippen molar-refractivity contribution in [3.8, 4) is 0 Å². The molecule has 3 saturated heterocycles. The molecular weight excluding hydrogens is 286 g/mol. The minimum absolute atomic E-state index is 0.596. The summed E-state index contributed by atoms with van der Waals surface area (Å²) in [7, 11) is 0. The first-order valence-electron chi connectivity index (χ1n) is 9.18. The summed E-state index contributed by atoms with van der Waals surface area (Å²) in [4.78, 5) is 5.18. The molecule has 3 aliphatic heterocycles. The number of ether oxygens (including phenoxy) is 1. The van der Waals surface area contributed by atoms with Crippen molar-refractivity contribution in [1.82, 2.24) is 10.2 Å². The first kappa shape index (κ1) is 15.4. The first-order chi connectivity index (χ1) is 11.3. The van der Waals surface area contributed by atoms with E-state index in [9.17, 15) is 0 Å². The minimum atomic E-state index is 0.596. The fourth-order valence-electron chi connectivity index (χ4n) is 4.53. The van der Waals surface area contributed by atoms with Crippen molar-refractivity contribution >= 4 is 5.69 Å². The van der Waals surface area contributed by atoms with Gasteiger partial charge in [-0.15, -0.1) is 0 Å². The van der Waals surface area contributed by atoms with Gasteiger partial charge in [-0.3, -0.25) is 4.90 Å². The molecule has 4 rings (SSSR count). The molecule has 1 spiro atoms. The van der Waals surface area contributed by atoms with Crippen LogP contribution in [0.5, 0.6) is 0 Å². The molecule has 0 aromatic heterocycles. The lowest BCUT2D eigenvalue weighted by atomic mass is 9.78. The zero-order valence-electron chi connectivity index (χ0n) is 14.1. The van der Waals surface area contributed by atoms with Gasteiger partial charge < -0.3 is 15.0 Å². The number of nitrogens with zero attached hydrogens (tertiary/aromatic N) is 2. The topological polar surface area (TPSA) is 27.7 Å². The highest BCUT2D eigenvalue weighted by Gasteiger charge is 2.38. The van der Waals surface area contributed by atoms with Crippen LogP contribution in [0.15, 0.2) is 24.3 Å². The van der Waals surface area contributed by atoms with Crippen molar-refractivity contribution in [1.29, 1.82) is 0 Å². The van der Waals surface area contributed by atoms with E-state index < -0.39 is 0 Å². The van der Waals surface area contributed by atoms with E-state index >= 15 is 0 Å². The van der Waals surface area contributed by atoms with Crippen LogP contribution < -0.4 is 10.2 Å². The van der Waals surface area contributed by atoms with Crippen molar-refractivity contribution in [2.24, 2.45) is 5.41 Å². The molecule has 126 valence electrons. The Bertz CT molecular complexity index is 521. The van der Waals surface area contributed by atoms with Gasteiger partial charge in [0, 0.05) is 31.9 Å². The van der Waals surface area contributed by atoms with Crippen molar-refractivity contribution < 1.29 is 4.74 Å². The predicted octanol–water partition coefficient (Wildman–Crippen LogP) is 2.10. The van der Waals surface area contributed by atoms with Crippen molar-refractivity contribution in [3.63, 3.8) is 0 Å². The third-order valence-corrected chi connectivity index (χ3v) is 5.92. The minimum Gasteiger partial charge on any atom is -0.378 e. The fourth-order valence-corrected chi connectivity index (χ4v) is 4.53. The number of rotatable bonds is 3. The lowest BCUT2D eigenvalue weighted by Gasteiger charge is -2.34. The molecule has 0 bridgehead atoms. The summed E-state index contributed by atoms with van der Waals surface area (Å²) in [6, 6.07) is 8.97. The van der Waals surface area contributed by atoms with Crippen LogP contribution >= 0.6 is 0 Å². The van der Waals surface area contributed by atoms with Gasteiger partial charge in [-0.05, 0) is 55.9 Å². The Morgan fingerprint density at radius 2 is 1.78 bits per heavy atom. The van der Waals surface area contributed by atoms with Gasteiger partial charge in [0.25, 0.3) is 0 Å². The Kier molecular flexibility index (Phi) is 4.56. The summed E-state index contributed by atoms with van der Waals surface area (Å²) in [5.41, 5.74) is 3.50. The van der Waals surface area contributed by atoms with Crippen molar-refractivity contribution in [3.05, 3.63) is 29.8 Å². The second-order valence-corrected chi connectivity index (χ2v) is 7.44. The number of likely N-dealkylation sites (tertiary alicyclic amines) is 1. The van der Waals surface area contributed by atoms with Gasteiger partial charge in [0.05, 0.1) is 13.2 Å². The quantitative estimate of drug-likeness (QED) is 0.924. The van der Waals surface area contributed by atoms with Gasteiger partial charge in [-0.1, -0.05) is 18.2 Å². The Morgan fingerprint density at radius 3 is 2.61 bits per heavy atom. The summed E-state index contributed by atoms with van der Waals surface area (Å²) in [6.45, 7) is 9.81. The van der Waals surface area contributed by atoms with E-state index in [2.05, 4.69) is 39.4 Å². The molecule has 3 aliphatic rings. The zero-order valence-corrected chi connectivity index (χ0v) is 14.1. The van der Waals surface area contributed by atoms with Crippen LogP contribution in [0.1, 0.15) is 24.8 Å². The highest BCUT2D eigenvalue weighted by atomic mass is 16.5. The van der Waals surface area contributed by atoms with E-state index in [-0.39, 0.29) is 0 Å². The molecule has 1 aromatic rings. The van der Waals surface area contributed by atoms with Crippen molar-refractivity contribution in [2.45, 2.75) is 25.8 Å². The number of nitrogens with one attached hydrogen (secondary N) is 1. The molecular formula is C19H29N3O. The van der Waals surface area contributed by atoms with Crippen LogP contribution in [0.3, 0.4) is 0 Å². The van der Waals surface area contributed by atoms with Crippen LogP contribution in [0.4, 0.5) is 5.69 Å². The fraction of sp³-hybridized carbons (Fsp3) is 0.684. The molecule has 0 aliphatic carbocycles. The Morgan fingerprint density at radius 1 is 1.00 bits per heavy atom. The second kappa shape index (κ2) is 6.80. The molecule has 0 radical (unpaired) electrons. The molecule has 0 unspecified atom stereocenters. The lowest BCUT2D eigenvalue weighted by molar-refractivity contribution is 0.122. The van der Waals surface area contributed by atoms with Gasteiger partial charge in [-0.25, -0.2) is 0 Å². The van der Waals surface area contributed by atoms with Gasteiger partial charge in [0.1, 0.15) is 0 Å². The van der Waals surface area contributed by atoms with E-state index in [0.717, 1.165) is 32.8 Å². The molecule has 3 fully saturated rings. The van der Waals surface area contributed by atoms with Gasteiger partial charge in [0.2, 0.25) is 0 Å². The van der Waals surface area contributed by atoms with Crippen LogP contribution in [0.2, 0.25) is 0 Å². The maximum Gasteiger partial charge on any atom is 0.0642 e. The summed E-state index contributed by atoms with van der Waals surface area (Å²) >= 11 is 0. The van der Waals surface area contributed by atoms with Crippen LogP contribution in [-0.4, -0.2) is 57.4 Å². The van der Waals surface area contributed by atoms with E-state index in [0.29, 0.717) is 5.41 Å². The summed E-state index contributed by atoms with van der Waals surface area (Å²) < 4.78 is 5.51. The molecule has 23 heavy (non-hydrogen) atoms.